The molecule has 5 nitrogen and oxygen atoms in total. The fourth-order valence-corrected chi connectivity index (χ4v) is 2.59. The van der Waals surface area contributed by atoms with Crippen molar-refractivity contribution in [2.75, 3.05) is 32.8 Å². The molecule has 2 rings (SSSR count). The van der Waals surface area contributed by atoms with Gasteiger partial charge in [0.1, 0.15) is 0 Å². The third kappa shape index (κ3) is 4.33. The molecule has 0 radical (unpaired) electrons. The van der Waals surface area contributed by atoms with E-state index in [-0.39, 0.29) is 6.04 Å². The Hall–Kier alpha value is -1.30. The Kier molecular flexibility index (Phi) is 6.29. The van der Waals surface area contributed by atoms with Crippen LogP contribution in [0.2, 0.25) is 0 Å². The van der Waals surface area contributed by atoms with Crippen LogP contribution in [0.4, 0.5) is 0 Å². The number of hydrogen-bond donors (Lipinski definition) is 2. The number of nitrogens with one attached hydrogen (secondary N) is 1. The molecule has 0 saturated carbocycles. The highest BCUT2D eigenvalue weighted by atomic mass is 16.5. The zero-order chi connectivity index (χ0) is 15.1. The van der Waals surface area contributed by atoms with Gasteiger partial charge >= 0.3 is 0 Å². The van der Waals surface area contributed by atoms with E-state index in [0.29, 0.717) is 13.2 Å². The van der Waals surface area contributed by atoms with E-state index in [0.717, 1.165) is 49.5 Å². The number of benzene rings is 1. The number of hydrogen-bond acceptors (Lipinski definition) is 5. The van der Waals surface area contributed by atoms with E-state index in [1.54, 1.807) is 0 Å². The molecule has 0 aromatic heterocycles. The number of hydrazine groups is 1. The number of nitrogens with two attached hydrogens (primary N) is 1. The van der Waals surface area contributed by atoms with E-state index < -0.39 is 0 Å². The second-order valence-electron chi connectivity index (χ2n) is 5.29. The van der Waals surface area contributed by atoms with E-state index in [1.165, 1.54) is 0 Å². The SMILES string of the molecule is CCN(CC)CCC(NN)c1ccc2c(c1)OCCCO2. The van der Waals surface area contributed by atoms with Gasteiger partial charge in [-0.15, -0.1) is 0 Å². The fourth-order valence-electron chi connectivity index (χ4n) is 2.59. The summed E-state index contributed by atoms with van der Waals surface area (Å²) in [6, 6.07) is 6.23. The highest BCUT2D eigenvalue weighted by molar-refractivity contribution is 5.44. The minimum Gasteiger partial charge on any atom is -0.490 e. The Morgan fingerprint density at radius 2 is 1.90 bits per heavy atom. The van der Waals surface area contributed by atoms with Crippen LogP contribution in [-0.2, 0) is 0 Å². The maximum absolute atomic E-state index is 5.75. The molecule has 0 spiro atoms. The van der Waals surface area contributed by atoms with Crippen molar-refractivity contribution in [3.63, 3.8) is 0 Å². The zero-order valence-corrected chi connectivity index (χ0v) is 13.1. The van der Waals surface area contributed by atoms with Crippen LogP contribution < -0.4 is 20.7 Å². The molecule has 21 heavy (non-hydrogen) atoms. The molecule has 3 N–H and O–H groups in total. The quantitative estimate of drug-likeness (QED) is 0.595. The average Bonchev–Trinajstić information content (AvgIpc) is 2.76. The third-order valence-electron chi connectivity index (χ3n) is 4.00. The second-order valence-corrected chi connectivity index (χ2v) is 5.29. The van der Waals surface area contributed by atoms with Crippen molar-refractivity contribution in [1.29, 1.82) is 0 Å². The molecule has 1 unspecified atom stereocenters. The standard InChI is InChI=1S/C16H27N3O2/c1-3-19(4-2)9-8-14(18-17)13-6-7-15-16(12-13)21-11-5-10-20-15/h6-7,12,14,18H,3-5,8-11,17H2,1-2H3. The fraction of sp³-hybridized carbons (Fsp3) is 0.625. The maximum Gasteiger partial charge on any atom is 0.161 e. The average molecular weight is 293 g/mol. The smallest absolute Gasteiger partial charge is 0.161 e. The van der Waals surface area contributed by atoms with E-state index in [2.05, 4.69) is 30.2 Å². The van der Waals surface area contributed by atoms with Crippen LogP contribution in [0.3, 0.4) is 0 Å². The molecular formula is C16H27N3O2. The van der Waals surface area contributed by atoms with Crippen LogP contribution in [0.15, 0.2) is 18.2 Å². The Labute approximate surface area is 127 Å². The Balaban J connectivity index is 2.05. The van der Waals surface area contributed by atoms with Crippen LogP contribution in [0.5, 0.6) is 11.5 Å². The molecule has 118 valence electrons. The minimum absolute atomic E-state index is 0.128. The predicted octanol–water partition coefficient (Wildman–Crippen LogP) is 2.08. The Bertz CT molecular complexity index is 436. The first-order chi connectivity index (χ1) is 10.3. The van der Waals surface area contributed by atoms with Gasteiger partial charge in [0.25, 0.3) is 0 Å². The predicted molar refractivity (Wildman–Crippen MR) is 84.5 cm³/mol. The van der Waals surface area contributed by atoms with Crippen LogP contribution in [-0.4, -0.2) is 37.7 Å². The summed E-state index contributed by atoms with van der Waals surface area (Å²) < 4.78 is 11.4. The number of rotatable bonds is 7. The van der Waals surface area contributed by atoms with Gasteiger partial charge in [0, 0.05) is 12.5 Å². The number of nitrogens with zero attached hydrogens (tertiary/aromatic N) is 1. The van der Waals surface area contributed by atoms with Crippen molar-refractivity contribution in [1.82, 2.24) is 10.3 Å². The van der Waals surface area contributed by atoms with Crippen molar-refractivity contribution >= 4 is 0 Å². The molecule has 1 heterocycles. The van der Waals surface area contributed by atoms with Crippen LogP contribution in [0.1, 0.15) is 38.3 Å². The van der Waals surface area contributed by atoms with Crippen molar-refractivity contribution in [3.05, 3.63) is 23.8 Å². The van der Waals surface area contributed by atoms with E-state index >= 15 is 0 Å². The van der Waals surface area contributed by atoms with Gasteiger partial charge in [-0.3, -0.25) is 11.3 Å². The summed E-state index contributed by atoms with van der Waals surface area (Å²) in [4.78, 5) is 2.40. The summed E-state index contributed by atoms with van der Waals surface area (Å²) in [5.41, 5.74) is 4.07. The van der Waals surface area contributed by atoms with Gasteiger partial charge in [0.15, 0.2) is 11.5 Å². The third-order valence-corrected chi connectivity index (χ3v) is 4.00. The molecule has 0 saturated heterocycles. The van der Waals surface area contributed by atoms with E-state index in [4.69, 9.17) is 15.3 Å². The summed E-state index contributed by atoms with van der Waals surface area (Å²) in [6.07, 6.45) is 1.89. The van der Waals surface area contributed by atoms with Crippen LogP contribution in [0, 0.1) is 0 Å². The van der Waals surface area contributed by atoms with E-state index in [9.17, 15) is 0 Å². The highest BCUT2D eigenvalue weighted by Gasteiger charge is 2.16. The summed E-state index contributed by atoms with van der Waals surface area (Å²) in [5.74, 6) is 7.40. The van der Waals surface area contributed by atoms with E-state index in [1.807, 2.05) is 12.1 Å². The van der Waals surface area contributed by atoms with Gasteiger partial charge in [0.05, 0.1) is 13.2 Å². The van der Waals surface area contributed by atoms with Crippen molar-refractivity contribution in [3.8, 4) is 11.5 Å². The monoisotopic (exact) mass is 293 g/mol. The normalized spacial score (nSPS) is 15.8. The number of ether oxygens (including phenoxy) is 2. The van der Waals surface area contributed by atoms with Gasteiger partial charge in [-0.05, 0) is 43.8 Å². The Morgan fingerprint density at radius 3 is 2.57 bits per heavy atom. The first-order valence-electron chi connectivity index (χ1n) is 7.86. The van der Waals surface area contributed by atoms with Crippen molar-refractivity contribution < 1.29 is 9.47 Å². The first-order valence-corrected chi connectivity index (χ1v) is 7.86. The first kappa shape index (κ1) is 16.1. The van der Waals surface area contributed by atoms with Crippen LogP contribution >= 0.6 is 0 Å². The summed E-state index contributed by atoms with van der Waals surface area (Å²) in [6.45, 7) is 8.94. The van der Waals surface area contributed by atoms with Gasteiger partial charge in [-0.25, -0.2) is 0 Å². The molecule has 5 heteroatoms. The van der Waals surface area contributed by atoms with Crippen molar-refractivity contribution in [2.45, 2.75) is 32.7 Å². The van der Waals surface area contributed by atoms with Crippen molar-refractivity contribution in [2.24, 2.45) is 5.84 Å². The molecule has 1 aromatic carbocycles. The molecule has 1 aliphatic rings. The van der Waals surface area contributed by atoms with Crippen LogP contribution in [0.25, 0.3) is 0 Å². The number of fused-ring (bicyclic) bond motifs is 1. The summed E-state index contributed by atoms with van der Waals surface area (Å²) >= 11 is 0. The topological polar surface area (TPSA) is 59.8 Å². The summed E-state index contributed by atoms with van der Waals surface area (Å²) in [5, 5.41) is 0. The molecule has 1 aliphatic heterocycles. The lowest BCUT2D eigenvalue weighted by atomic mass is 10.0. The lowest BCUT2D eigenvalue weighted by Gasteiger charge is -2.23. The molecule has 0 aliphatic carbocycles. The molecule has 0 amide bonds. The molecule has 1 aromatic rings. The molecule has 0 fully saturated rings. The highest BCUT2D eigenvalue weighted by Crippen LogP contribution is 2.32. The van der Waals surface area contributed by atoms with Gasteiger partial charge < -0.3 is 14.4 Å². The lowest BCUT2D eigenvalue weighted by molar-refractivity contribution is 0.281. The second kappa shape index (κ2) is 8.22. The lowest BCUT2D eigenvalue weighted by Crippen LogP contribution is -2.32. The minimum atomic E-state index is 0.128. The summed E-state index contributed by atoms with van der Waals surface area (Å²) in [7, 11) is 0. The molecular weight excluding hydrogens is 266 g/mol. The maximum atomic E-state index is 5.75. The van der Waals surface area contributed by atoms with Gasteiger partial charge in [-0.2, -0.15) is 0 Å². The largest absolute Gasteiger partial charge is 0.490 e. The molecule has 1 atom stereocenters. The Morgan fingerprint density at radius 1 is 1.19 bits per heavy atom. The van der Waals surface area contributed by atoms with Gasteiger partial charge in [0.2, 0.25) is 0 Å². The van der Waals surface area contributed by atoms with Gasteiger partial charge in [-0.1, -0.05) is 19.9 Å². The molecule has 0 bridgehead atoms. The zero-order valence-electron chi connectivity index (χ0n) is 13.1.